The van der Waals surface area contributed by atoms with E-state index in [0.29, 0.717) is 53.3 Å². The van der Waals surface area contributed by atoms with Crippen molar-refractivity contribution < 1.29 is 14.3 Å². The van der Waals surface area contributed by atoms with Crippen LogP contribution in [-0.2, 0) is 9.53 Å². The van der Waals surface area contributed by atoms with Crippen LogP contribution in [0.1, 0.15) is 10.4 Å². The number of rotatable bonds is 5. The lowest BCUT2D eigenvalue weighted by Crippen LogP contribution is -2.40. The first-order chi connectivity index (χ1) is 13.0. The third-order valence-corrected chi connectivity index (χ3v) is 4.80. The summed E-state index contributed by atoms with van der Waals surface area (Å²) in [6.07, 6.45) is 0. The highest BCUT2D eigenvalue weighted by Crippen LogP contribution is 2.24. The summed E-state index contributed by atoms with van der Waals surface area (Å²) in [5.41, 5.74) is 1.79. The lowest BCUT2D eigenvalue weighted by molar-refractivity contribution is -0.114. The Morgan fingerprint density at radius 3 is 2.52 bits per heavy atom. The molecule has 1 fully saturated rings. The molecule has 0 bridgehead atoms. The molecule has 2 aromatic carbocycles. The van der Waals surface area contributed by atoms with Crippen molar-refractivity contribution in [2.75, 3.05) is 43.5 Å². The van der Waals surface area contributed by atoms with Gasteiger partial charge in [0, 0.05) is 30.0 Å². The molecule has 0 atom stereocenters. The van der Waals surface area contributed by atoms with E-state index in [1.165, 1.54) is 0 Å². The van der Waals surface area contributed by atoms with Gasteiger partial charge in [0.25, 0.3) is 5.91 Å². The van der Waals surface area contributed by atoms with Crippen LogP contribution in [0.25, 0.3) is 0 Å². The summed E-state index contributed by atoms with van der Waals surface area (Å²) in [6.45, 7) is 2.29. The quantitative estimate of drug-likeness (QED) is 0.795. The third-order valence-electron chi connectivity index (χ3n) is 4.06. The zero-order valence-corrected chi connectivity index (χ0v) is 16.0. The van der Waals surface area contributed by atoms with Gasteiger partial charge in [-0.2, -0.15) is 0 Å². The monoisotopic (exact) mass is 407 g/mol. The van der Waals surface area contributed by atoms with Crippen molar-refractivity contribution in [1.29, 1.82) is 0 Å². The summed E-state index contributed by atoms with van der Waals surface area (Å²) in [5.74, 6) is -0.305. The highest BCUT2D eigenvalue weighted by atomic mass is 35.5. The molecule has 6 nitrogen and oxygen atoms in total. The van der Waals surface area contributed by atoms with Gasteiger partial charge in [0.1, 0.15) is 0 Å². The van der Waals surface area contributed by atoms with E-state index < -0.39 is 0 Å². The van der Waals surface area contributed by atoms with Gasteiger partial charge < -0.3 is 20.3 Å². The van der Waals surface area contributed by atoms with Crippen LogP contribution in [0, 0.1) is 0 Å². The number of halogens is 2. The number of anilines is 2. The molecule has 0 spiro atoms. The molecule has 1 aliphatic heterocycles. The van der Waals surface area contributed by atoms with Crippen LogP contribution < -0.4 is 10.6 Å². The Labute approximate surface area is 167 Å². The second-order valence-corrected chi connectivity index (χ2v) is 6.83. The fourth-order valence-electron chi connectivity index (χ4n) is 2.67. The second kappa shape index (κ2) is 9.08. The lowest BCUT2D eigenvalue weighted by Gasteiger charge is -2.27. The lowest BCUT2D eigenvalue weighted by atomic mass is 10.1. The molecular weight excluding hydrogens is 389 g/mol. The number of carbonyl (C=O) groups excluding carboxylic acids is 2. The van der Waals surface area contributed by atoms with Gasteiger partial charge in [-0.1, -0.05) is 29.3 Å². The van der Waals surface area contributed by atoms with Crippen LogP contribution in [0.15, 0.2) is 42.5 Å². The van der Waals surface area contributed by atoms with E-state index >= 15 is 0 Å². The zero-order valence-electron chi connectivity index (χ0n) is 14.5. The fraction of sp³-hybridized carbons (Fsp3) is 0.263. The molecule has 142 valence electrons. The van der Waals surface area contributed by atoms with Crippen molar-refractivity contribution in [2.24, 2.45) is 0 Å². The Balaban J connectivity index is 1.57. The molecule has 2 N–H and O–H groups in total. The van der Waals surface area contributed by atoms with Gasteiger partial charge in [-0.05, 0) is 36.4 Å². The molecule has 0 aliphatic carbocycles. The first-order valence-corrected chi connectivity index (χ1v) is 9.24. The molecule has 27 heavy (non-hydrogen) atoms. The minimum atomic E-state index is -0.239. The fourth-order valence-corrected chi connectivity index (χ4v) is 2.97. The molecule has 1 heterocycles. The van der Waals surface area contributed by atoms with Crippen LogP contribution in [-0.4, -0.2) is 49.6 Å². The molecule has 8 heteroatoms. The summed E-state index contributed by atoms with van der Waals surface area (Å²) < 4.78 is 5.27. The number of ether oxygens (including phenoxy) is 1. The maximum absolute atomic E-state index is 12.5. The maximum atomic E-state index is 12.5. The predicted octanol–water partition coefficient (Wildman–Crippen LogP) is 3.52. The Morgan fingerprint density at radius 1 is 1.00 bits per heavy atom. The number of hydrogen-bond acceptors (Lipinski definition) is 4. The predicted molar refractivity (Wildman–Crippen MR) is 107 cm³/mol. The van der Waals surface area contributed by atoms with Crippen LogP contribution in [0.3, 0.4) is 0 Å². The van der Waals surface area contributed by atoms with Crippen molar-refractivity contribution >= 4 is 46.4 Å². The highest BCUT2D eigenvalue weighted by Gasteiger charge is 2.18. The van der Waals surface area contributed by atoms with E-state index in [1.54, 1.807) is 47.4 Å². The standard InChI is InChI=1S/C19H19Cl2N3O3/c20-16-5-4-14(11-17(16)21)22-12-18(25)23-15-3-1-2-13(10-15)19(26)24-6-8-27-9-7-24/h1-5,10-11,22H,6-9,12H2,(H,23,25). The summed E-state index contributed by atoms with van der Waals surface area (Å²) in [7, 11) is 0. The smallest absolute Gasteiger partial charge is 0.254 e. The third kappa shape index (κ3) is 5.35. The average molecular weight is 408 g/mol. The van der Waals surface area contributed by atoms with Crippen molar-refractivity contribution in [3.8, 4) is 0 Å². The van der Waals surface area contributed by atoms with E-state index in [0.717, 1.165) is 0 Å². The maximum Gasteiger partial charge on any atom is 0.254 e. The van der Waals surface area contributed by atoms with Crippen molar-refractivity contribution in [3.63, 3.8) is 0 Å². The molecule has 0 radical (unpaired) electrons. The normalized spacial score (nSPS) is 13.9. The van der Waals surface area contributed by atoms with E-state index in [2.05, 4.69) is 10.6 Å². The minimum absolute atomic E-state index is 0.0552. The average Bonchev–Trinajstić information content (AvgIpc) is 2.69. The van der Waals surface area contributed by atoms with Crippen LogP contribution in [0.5, 0.6) is 0 Å². The van der Waals surface area contributed by atoms with Gasteiger partial charge in [-0.3, -0.25) is 9.59 Å². The van der Waals surface area contributed by atoms with Crippen molar-refractivity contribution in [1.82, 2.24) is 4.90 Å². The topological polar surface area (TPSA) is 70.7 Å². The molecule has 2 aromatic rings. The number of benzene rings is 2. The largest absolute Gasteiger partial charge is 0.378 e. The number of morpholine rings is 1. The van der Waals surface area contributed by atoms with Gasteiger partial charge in [-0.15, -0.1) is 0 Å². The number of carbonyl (C=O) groups is 2. The van der Waals surface area contributed by atoms with Gasteiger partial charge in [0.05, 0.1) is 29.8 Å². The van der Waals surface area contributed by atoms with E-state index in [-0.39, 0.29) is 18.4 Å². The Bertz CT molecular complexity index is 839. The summed E-state index contributed by atoms with van der Waals surface area (Å²) in [4.78, 5) is 26.5. The first-order valence-electron chi connectivity index (χ1n) is 8.49. The Morgan fingerprint density at radius 2 is 1.78 bits per heavy atom. The summed E-state index contributed by atoms with van der Waals surface area (Å²) >= 11 is 11.8. The first kappa shape index (κ1) is 19.5. The van der Waals surface area contributed by atoms with E-state index in [4.69, 9.17) is 27.9 Å². The van der Waals surface area contributed by atoms with Crippen LogP contribution >= 0.6 is 23.2 Å². The van der Waals surface area contributed by atoms with Crippen LogP contribution in [0.2, 0.25) is 10.0 Å². The molecule has 0 aromatic heterocycles. The number of nitrogens with zero attached hydrogens (tertiary/aromatic N) is 1. The zero-order chi connectivity index (χ0) is 19.2. The molecule has 3 rings (SSSR count). The number of amides is 2. The molecule has 2 amide bonds. The van der Waals surface area contributed by atoms with Gasteiger partial charge in [-0.25, -0.2) is 0 Å². The second-order valence-electron chi connectivity index (χ2n) is 6.02. The molecule has 1 saturated heterocycles. The van der Waals surface area contributed by atoms with Crippen molar-refractivity contribution in [2.45, 2.75) is 0 Å². The molecule has 1 aliphatic rings. The summed E-state index contributed by atoms with van der Waals surface area (Å²) in [6, 6.07) is 12.0. The Kier molecular flexibility index (Phi) is 6.55. The SMILES string of the molecule is O=C(CNc1ccc(Cl)c(Cl)c1)Nc1cccc(C(=O)N2CCOCC2)c1. The molecule has 0 unspecified atom stereocenters. The molecule has 0 saturated carbocycles. The van der Waals surface area contributed by atoms with Gasteiger partial charge in [0.15, 0.2) is 0 Å². The van der Waals surface area contributed by atoms with Gasteiger partial charge >= 0.3 is 0 Å². The van der Waals surface area contributed by atoms with Gasteiger partial charge in [0.2, 0.25) is 5.91 Å². The van der Waals surface area contributed by atoms with E-state index in [9.17, 15) is 9.59 Å². The number of nitrogens with one attached hydrogen (secondary N) is 2. The number of hydrogen-bond donors (Lipinski definition) is 2. The van der Waals surface area contributed by atoms with E-state index in [1.807, 2.05) is 0 Å². The Hall–Kier alpha value is -2.28. The van der Waals surface area contributed by atoms with Crippen molar-refractivity contribution in [3.05, 3.63) is 58.1 Å². The molecular formula is C19H19Cl2N3O3. The van der Waals surface area contributed by atoms with Crippen LogP contribution in [0.4, 0.5) is 11.4 Å². The highest BCUT2D eigenvalue weighted by molar-refractivity contribution is 6.42. The minimum Gasteiger partial charge on any atom is -0.378 e. The summed E-state index contributed by atoms with van der Waals surface area (Å²) in [5, 5.41) is 6.62.